The number of benzene rings is 1. The summed E-state index contributed by atoms with van der Waals surface area (Å²) in [6.07, 6.45) is 1.61. The van der Waals surface area contributed by atoms with E-state index in [4.69, 9.17) is 26.3 Å². The number of anilines is 2. The lowest BCUT2D eigenvalue weighted by atomic mass is 10.2. The largest absolute Gasteiger partial charge is 0.378 e. The second-order valence-corrected chi connectivity index (χ2v) is 8.81. The van der Waals surface area contributed by atoms with Gasteiger partial charge in [-0.25, -0.2) is 15.0 Å². The SMILES string of the molecule is Clc1ccccc1CSc1ncnc2c(N3CCOCC3)nc(N3CCNCC3)nc12. The minimum absolute atomic E-state index is 0.688. The van der Waals surface area contributed by atoms with Crippen LogP contribution in [0, 0.1) is 0 Å². The first-order valence-electron chi connectivity index (χ1n) is 10.5. The summed E-state index contributed by atoms with van der Waals surface area (Å²) in [5, 5.41) is 5.00. The van der Waals surface area contributed by atoms with Crippen LogP contribution in [0.2, 0.25) is 5.02 Å². The maximum atomic E-state index is 6.36. The predicted molar refractivity (Wildman–Crippen MR) is 124 cm³/mol. The predicted octanol–water partition coefficient (Wildman–Crippen LogP) is 2.61. The zero-order valence-electron chi connectivity index (χ0n) is 17.1. The molecule has 0 saturated carbocycles. The van der Waals surface area contributed by atoms with Gasteiger partial charge in [0.1, 0.15) is 22.4 Å². The van der Waals surface area contributed by atoms with Crippen molar-refractivity contribution in [2.75, 3.05) is 62.3 Å². The van der Waals surface area contributed by atoms with Gasteiger partial charge in [0, 0.05) is 50.0 Å². The lowest BCUT2D eigenvalue weighted by Gasteiger charge is -2.31. The number of nitrogens with one attached hydrogen (secondary N) is 1. The van der Waals surface area contributed by atoms with Gasteiger partial charge >= 0.3 is 0 Å². The molecule has 0 radical (unpaired) electrons. The molecule has 0 spiro atoms. The zero-order valence-corrected chi connectivity index (χ0v) is 18.7. The summed E-state index contributed by atoms with van der Waals surface area (Å²) in [4.78, 5) is 23.5. The number of halogens is 1. The van der Waals surface area contributed by atoms with Crippen molar-refractivity contribution in [2.45, 2.75) is 10.8 Å². The summed E-state index contributed by atoms with van der Waals surface area (Å²) >= 11 is 7.99. The first-order valence-corrected chi connectivity index (χ1v) is 11.8. The molecule has 2 aliphatic rings. The number of morpholine rings is 1. The third-order valence-electron chi connectivity index (χ3n) is 5.45. The fourth-order valence-electron chi connectivity index (χ4n) is 3.77. The fraction of sp³-hybridized carbons (Fsp3) is 0.429. The van der Waals surface area contributed by atoms with Crippen molar-refractivity contribution in [3.63, 3.8) is 0 Å². The lowest BCUT2D eigenvalue weighted by molar-refractivity contribution is 0.122. The number of nitrogens with zero attached hydrogens (tertiary/aromatic N) is 6. The number of hydrogen-bond donors (Lipinski definition) is 1. The minimum atomic E-state index is 0.688. The van der Waals surface area contributed by atoms with Crippen molar-refractivity contribution in [1.29, 1.82) is 0 Å². The lowest BCUT2D eigenvalue weighted by Crippen LogP contribution is -2.44. The molecule has 0 atom stereocenters. The number of thioether (sulfide) groups is 1. The van der Waals surface area contributed by atoms with Crippen molar-refractivity contribution in [2.24, 2.45) is 0 Å². The average molecular weight is 458 g/mol. The summed E-state index contributed by atoms with van der Waals surface area (Å²) in [6, 6.07) is 7.90. The fourth-order valence-corrected chi connectivity index (χ4v) is 5.00. The van der Waals surface area contributed by atoms with Crippen LogP contribution in [-0.4, -0.2) is 72.4 Å². The molecule has 162 valence electrons. The van der Waals surface area contributed by atoms with Crippen molar-refractivity contribution >= 4 is 46.2 Å². The van der Waals surface area contributed by atoms with Crippen molar-refractivity contribution in [1.82, 2.24) is 25.3 Å². The Bertz CT molecular complexity index is 1060. The smallest absolute Gasteiger partial charge is 0.228 e. The van der Waals surface area contributed by atoms with Crippen LogP contribution in [0.3, 0.4) is 0 Å². The Morgan fingerprint density at radius 3 is 2.58 bits per heavy atom. The van der Waals surface area contributed by atoms with Gasteiger partial charge in [0.15, 0.2) is 5.82 Å². The van der Waals surface area contributed by atoms with E-state index in [1.165, 1.54) is 0 Å². The van der Waals surface area contributed by atoms with Crippen molar-refractivity contribution < 1.29 is 4.74 Å². The molecule has 5 rings (SSSR count). The van der Waals surface area contributed by atoms with Crippen LogP contribution in [0.25, 0.3) is 11.0 Å². The van der Waals surface area contributed by atoms with E-state index in [0.29, 0.717) is 19.0 Å². The molecule has 0 unspecified atom stereocenters. The summed E-state index contributed by atoms with van der Waals surface area (Å²) in [6.45, 7) is 6.56. The summed E-state index contributed by atoms with van der Waals surface area (Å²) < 4.78 is 5.55. The molecule has 0 bridgehead atoms. The molecule has 31 heavy (non-hydrogen) atoms. The van der Waals surface area contributed by atoms with Gasteiger partial charge in [-0.2, -0.15) is 4.98 Å². The summed E-state index contributed by atoms with van der Waals surface area (Å²) in [7, 11) is 0. The molecule has 2 fully saturated rings. The monoisotopic (exact) mass is 457 g/mol. The molecule has 4 heterocycles. The molecule has 1 aromatic carbocycles. The number of hydrogen-bond acceptors (Lipinski definition) is 9. The summed E-state index contributed by atoms with van der Waals surface area (Å²) in [5.74, 6) is 2.32. The van der Waals surface area contributed by atoms with E-state index in [0.717, 1.165) is 77.7 Å². The Morgan fingerprint density at radius 1 is 0.968 bits per heavy atom. The number of rotatable bonds is 5. The Balaban J connectivity index is 1.55. The number of aromatic nitrogens is 4. The van der Waals surface area contributed by atoms with Crippen molar-refractivity contribution in [3.05, 3.63) is 41.2 Å². The Morgan fingerprint density at radius 2 is 1.77 bits per heavy atom. The normalized spacial score (nSPS) is 17.3. The van der Waals surface area contributed by atoms with Gasteiger partial charge in [0.05, 0.1) is 13.2 Å². The van der Waals surface area contributed by atoms with E-state index < -0.39 is 0 Å². The van der Waals surface area contributed by atoms with Crippen LogP contribution in [-0.2, 0) is 10.5 Å². The van der Waals surface area contributed by atoms with E-state index >= 15 is 0 Å². The standard InChI is InChI=1S/C21H24ClN7OS/c22-16-4-2-1-3-15(16)13-31-20-18-17(24-14-25-20)19(28-9-11-30-12-10-28)27-21(26-18)29-7-5-23-6-8-29/h1-4,14,23H,5-13H2. The third-order valence-corrected chi connectivity index (χ3v) is 6.85. The molecule has 1 N–H and O–H groups in total. The highest BCUT2D eigenvalue weighted by Crippen LogP contribution is 2.33. The number of ether oxygens (including phenoxy) is 1. The van der Waals surface area contributed by atoms with E-state index in [2.05, 4.69) is 25.1 Å². The maximum absolute atomic E-state index is 6.36. The number of fused-ring (bicyclic) bond motifs is 1. The van der Waals surface area contributed by atoms with Crippen LogP contribution < -0.4 is 15.1 Å². The van der Waals surface area contributed by atoms with Gasteiger partial charge < -0.3 is 19.9 Å². The Kier molecular flexibility index (Phi) is 6.35. The quantitative estimate of drug-likeness (QED) is 0.459. The highest BCUT2D eigenvalue weighted by molar-refractivity contribution is 7.98. The van der Waals surface area contributed by atoms with E-state index in [1.807, 2.05) is 24.3 Å². The second-order valence-electron chi connectivity index (χ2n) is 7.44. The van der Waals surface area contributed by atoms with Crippen molar-refractivity contribution in [3.8, 4) is 0 Å². The van der Waals surface area contributed by atoms with Crippen LogP contribution >= 0.6 is 23.4 Å². The highest BCUT2D eigenvalue weighted by atomic mass is 35.5. The molecular weight excluding hydrogens is 434 g/mol. The zero-order chi connectivity index (χ0) is 21.0. The van der Waals surface area contributed by atoms with Crippen LogP contribution in [0.5, 0.6) is 0 Å². The highest BCUT2D eigenvalue weighted by Gasteiger charge is 2.23. The molecule has 2 aromatic heterocycles. The van der Waals surface area contributed by atoms with Gasteiger partial charge in [-0.05, 0) is 11.6 Å². The molecule has 0 aliphatic carbocycles. The van der Waals surface area contributed by atoms with Crippen LogP contribution in [0.1, 0.15) is 5.56 Å². The van der Waals surface area contributed by atoms with Gasteiger partial charge in [0.2, 0.25) is 5.95 Å². The Hall–Kier alpha value is -2.20. The van der Waals surface area contributed by atoms with Gasteiger partial charge in [0.25, 0.3) is 0 Å². The van der Waals surface area contributed by atoms with Crippen LogP contribution in [0.15, 0.2) is 35.6 Å². The van der Waals surface area contributed by atoms with E-state index in [1.54, 1.807) is 18.1 Å². The third kappa shape index (κ3) is 4.55. The topological polar surface area (TPSA) is 79.3 Å². The molecule has 10 heteroatoms. The second kappa shape index (κ2) is 9.52. The molecule has 3 aromatic rings. The number of piperazine rings is 1. The average Bonchev–Trinajstić information content (AvgIpc) is 2.84. The molecule has 0 amide bonds. The van der Waals surface area contributed by atoms with Crippen LogP contribution in [0.4, 0.5) is 11.8 Å². The van der Waals surface area contributed by atoms with E-state index in [9.17, 15) is 0 Å². The molecule has 2 aliphatic heterocycles. The molecule has 2 saturated heterocycles. The molecular formula is C21H24ClN7OS. The van der Waals surface area contributed by atoms with E-state index in [-0.39, 0.29) is 0 Å². The first-order chi connectivity index (χ1) is 15.3. The minimum Gasteiger partial charge on any atom is -0.378 e. The summed E-state index contributed by atoms with van der Waals surface area (Å²) in [5.41, 5.74) is 2.66. The Labute approximate surface area is 190 Å². The van der Waals surface area contributed by atoms with Gasteiger partial charge in [-0.15, -0.1) is 0 Å². The molecule has 8 nitrogen and oxygen atoms in total. The van der Waals surface area contributed by atoms with Gasteiger partial charge in [-0.1, -0.05) is 41.6 Å². The first kappa shape index (κ1) is 20.7. The van der Waals surface area contributed by atoms with Gasteiger partial charge in [-0.3, -0.25) is 0 Å². The maximum Gasteiger partial charge on any atom is 0.228 e.